The summed E-state index contributed by atoms with van der Waals surface area (Å²) < 4.78 is 44.2. The van der Waals surface area contributed by atoms with Crippen molar-refractivity contribution in [3.05, 3.63) is 22.4 Å². The van der Waals surface area contributed by atoms with Crippen molar-refractivity contribution < 1.29 is 17.9 Å². The van der Waals surface area contributed by atoms with Gasteiger partial charge in [-0.05, 0) is 40.4 Å². The Morgan fingerprint density at radius 3 is 2.45 bits per heavy atom. The van der Waals surface area contributed by atoms with Crippen LogP contribution in [0, 0.1) is 0 Å². The third kappa shape index (κ3) is 2.89. The summed E-state index contributed by atoms with van der Waals surface area (Å²) in [5.41, 5.74) is 1.37. The van der Waals surface area contributed by atoms with E-state index < -0.39 is 12.3 Å². The molecular formula is C12H13BrF3N3O. The second-order valence-electron chi connectivity index (χ2n) is 4.70. The number of fused-ring (bicyclic) bond motifs is 1. The molecule has 0 amide bonds. The average molecular weight is 352 g/mol. The Hall–Kier alpha value is -1.31. The van der Waals surface area contributed by atoms with Gasteiger partial charge in [0.05, 0.1) is 0 Å². The van der Waals surface area contributed by atoms with Gasteiger partial charge in [-0.2, -0.15) is 17.7 Å². The predicted molar refractivity (Wildman–Crippen MR) is 70.9 cm³/mol. The van der Waals surface area contributed by atoms with Gasteiger partial charge in [-0.15, -0.1) is 5.10 Å². The number of hydrogen-bond donors (Lipinski definition) is 0. The van der Waals surface area contributed by atoms with E-state index in [1.54, 1.807) is 6.07 Å². The van der Waals surface area contributed by atoms with Crippen LogP contribution in [-0.2, 0) is 0 Å². The van der Waals surface area contributed by atoms with Crippen LogP contribution in [0.5, 0.6) is 5.88 Å². The highest BCUT2D eigenvalue weighted by Gasteiger charge is 2.38. The molecule has 2 heterocycles. The predicted octanol–water partition coefficient (Wildman–Crippen LogP) is 3.94. The number of halogens is 4. The number of ether oxygens (including phenoxy) is 1. The molecule has 0 fully saturated rings. The molecule has 0 saturated heterocycles. The average Bonchev–Trinajstić information content (AvgIpc) is 2.69. The van der Waals surface area contributed by atoms with Crippen LogP contribution in [0.4, 0.5) is 13.2 Å². The third-order valence-electron chi connectivity index (χ3n) is 2.83. The summed E-state index contributed by atoms with van der Waals surface area (Å²) in [6.45, 7) is 4.89. The Balaban J connectivity index is 2.48. The largest absolute Gasteiger partial charge is 0.465 e. The van der Waals surface area contributed by atoms with E-state index >= 15 is 0 Å². The van der Waals surface area contributed by atoms with Crippen LogP contribution in [0.3, 0.4) is 0 Å². The molecule has 0 bridgehead atoms. The van der Waals surface area contributed by atoms with Gasteiger partial charge < -0.3 is 4.74 Å². The van der Waals surface area contributed by atoms with E-state index in [1.807, 2.05) is 13.8 Å². The molecule has 110 valence electrons. The first-order chi connectivity index (χ1) is 9.20. The number of hydrogen-bond acceptors (Lipinski definition) is 3. The minimum atomic E-state index is -4.43. The molecule has 2 aromatic heterocycles. The lowest BCUT2D eigenvalue weighted by Gasteiger charge is -2.18. The van der Waals surface area contributed by atoms with Crippen molar-refractivity contribution in [3.63, 3.8) is 0 Å². The molecule has 0 aliphatic carbocycles. The van der Waals surface area contributed by atoms with Gasteiger partial charge in [0.25, 0.3) is 0 Å². The highest BCUT2D eigenvalue weighted by Crippen LogP contribution is 2.28. The number of nitrogens with zero attached hydrogens (tertiary/aromatic N) is 3. The Morgan fingerprint density at radius 2 is 1.90 bits per heavy atom. The second kappa shape index (κ2) is 5.23. The zero-order valence-electron chi connectivity index (χ0n) is 11.1. The number of pyridine rings is 1. The van der Waals surface area contributed by atoms with Crippen LogP contribution in [0.15, 0.2) is 16.9 Å². The lowest BCUT2D eigenvalue weighted by Crippen LogP contribution is -2.31. The maximum atomic E-state index is 12.6. The molecule has 0 spiro atoms. The van der Waals surface area contributed by atoms with Gasteiger partial charge in [0, 0.05) is 6.07 Å². The van der Waals surface area contributed by atoms with Gasteiger partial charge in [0.2, 0.25) is 10.6 Å². The second-order valence-corrected chi connectivity index (χ2v) is 5.41. The molecule has 2 rings (SSSR count). The Kier molecular flexibility index (Phi) is 3.95. The fourth-order valence-electron chi connectivity index (χ4n) is 1.72. The van der Waals surface area contributed by atoms with Crippen LogP contribution in [-0.4, -0.2) is 26.9 Å². The molecule has 8 heteroatoms. The van der Waals surface area contributed by atoms with Crippen LogP contribution in [0.2, 0.25) is 0 Å². The molecule has 0 aromatic carbocycles. The van der Waals surface area contributed by atoms with Crippen LogP contribution < -0.4 is 4.74 Å². The standard InChI is InChI=1S/C12H13BrF3N3O/c1-6(2)8-4-5-9(20-7(3)12(14,15)16)19-10(8)17-11(13)18-19/h4-7H,1-3H3/t7-/m0/s1. The number of aromatic nitrogens is 3. The van der Waals surface area contributed by atoms with E-state index in [4.69, 9.17) is 4.74 Å². The smallest absolute Gasteiger partial charge is 0.425 e. The van der Waals surface area contributed by atoms with Crippen molar-refractivity contribution in [3.8, 4) is 5.88 Å². The minimum Gasteiger partial charge on any atom is -0.465 e. The lowest BCUT2D eigenvalue weighted by atomic mass is 10.1. The molecule has 20 heavy (non-hydrogen) atoms. The molecule has 0 unspecified atom stereocenters. The molecule has 1 atom stereocenters. The first-order valence-corrected chi connectivity index (χ1v) is 6.78. The van der Waals surface area contributed by atoms with Crippen molar-refractivity contribution >= 4 is 21.6 Å². The summed E-state index contributed by atoms with van der Waals surface area (Å²) in [5.74, 6) is 0.176. The molecule has 0 aliphatic heterocycles. The molecule has 0 N–H and O–H groups in total. The van der Waals surface area contributed by atoms with Crippen molar-refractivity contribution in [2.45, 2.75) is 39.0 Å². The molecule has 0 saturated carbocycles. The summed E-state index contributed by atoms with van der Waals surface area (Å²) in [7, 11) is 0. The van der Waals surface area contributed by atoms with Crippen molar-refractivity contribution in [1.29, 1.82) is 0 Å². The summed E-state index contributed by atoms with van der Waals surface area (Å²) in [5, 5.41) is 4.02. The van der Waals surface area contributed by atoms with Gasteiger partial charge >= 0.3 is 6.18 Å². The van der Waals surface area contributed by atoms with Crippen molar-refractivity contribution in [2.75, 3.05) is 0 Å². The molecular weight excluding hydrogens is 339 g/mol. The van der Waals surface area contributed by atoms with E-state index in [2.05, 4.69) is 26.0 Å². The van der Waals surface area contributed by atoms with E-state index in [9.17, 15) is 13.2 Å². The molecule has 2 aromatic rings. The molecule has 0 aliphatic rings. The first-order valence-electron chi connectivity index (χ1n) is 5.98. The summed E-state index contributed by atoms with van der Waals surface area (Å²) in [6, 6.07) is 3.19. The summed E-state index contributed by atoms with van der Waals surface area (Å²) in [6.07, 6.45) is -6.35. The SMILES string of the molecule is CC(C)c1ccc(O[C@@H](C)C(F)(F)F)n2nc(Br)nc12. The highest BCUT2D eigenvalue weighted by atomic mass is 79.9. The minimum absolute atomic E-state index is 0.00688. The summed E-state index contributed by atoms with van der Waals surface area (Å²) in [4.78, 5) is 4.17. The third-order valence-corrected chi connectivity index (χ3v) is 3.17. The van der Waals surface area contributed by atoms with Crippen molar-refractivity contribution in [1.82, 2.24) is 14.6 Å². The Labute approximate surface area is 122 Å². The topological polar surface area (TPSA) is 39.4 Å². The van der Waals surface area contributed by atoms with Crippen molar-refractivity contribution in [2.24, 2.45) is 0 Å². The number of rotatable bonds is 3. The van der Waals surface area contributed by atoms with Crippen LogP contribution in [0.1, 0.15) is 32.3 Å². The maximum absolute atomic E-state index is 12.6. The Morgan fingerprint density at radius 1 is 1.25 bits per heavy atom. The number of alkyl halides is 3. The highest BCUT2D eigenvalue weighted by molar-refractivity contribution is 9.10. The Bertz CT molecular complexity index is 624. The fraction of sp³-hybridized carbons (Fsp3) is 0.500. The monoisotopic (exact) mass is 351 g/mol. The maximum Gasteiger partial charge on any atom is 0.425 e. The molecule has 4 nitrogen and oxygen atoms in total. The van der Waals surface area contributed by atoms with Gasteiger partial charge in [-0.25, -0.2) is 4.98 Å². The van der Waals surface area contributed by atoms with Gasteiger partial charge in [0.1, 0.15) is 0 Å². The zero-order chi connectivity index (χ0) is 15.1. The zero-order valence-corrected chi connectivity index (χ0v) is 12.7. The van der Waals surface area contributed by atoms with E-state index in [0.717, 1.165) is 12.5 Å². The van der Waals surface area contributed by atoms with Gasteiger partial charge in [0.15, 0.2) is 11.8 Å². The van der Waals surface area contributed by atoms with E-state index in [0.29, 0.717) is 10.4 Å². The van der Waals surface area contributed by atoms with E-state index in [1.165, 1.54) is 10.6 Å². The lowest BCUT2D eigenvalue weighted by molar-refractivity contribution is -0.190. The quantitative estimate of drug-likeness (QED) is 0.840. The van der Waals surface area contributed by atoms with Crippen LogP contribution >= 0.6 is 15.9 Å². The first kappa shape index (κ1) is 15.1. The summed E-state index contributed by atoms with van der Waals surface area (Å²) >= 11 is 3.13. The normalized spacial score (nSPS) is 14.0. The van der Waals surface area contributed by atoms with Crippen LogP contribution in [0.25, 0.3) is 5.65 Å². The van der Waals surface area contributed by atoms with Gasteiger partial charge in [-0.1, -0.05) is 13.8 Å². The van der Waals surface area contributed by atoms with E-state index in [-0.39, 0.29) is 11.8 Å². The van der Waals surface area contributed by atoms with Gasteiger partial charge in [-0.3, -0.25) is 0 Å². The molecule has 0 radical (unpaired) electrons. The fourth-order valence-corrected chi connectivity index (χ4v) is 2.05.